The van der Waals surface area contributed by atoms with E-state index < -0.39 is 0 Å². The first-order chi connectivity index (χ1) is 15.3. The third-order valence-corrected chi connectivity index (χ3v) is 5.86. The highest BCUT2D eigenvalue weighted by atomic mass is 16.5. The average molecular weight is 442 g/mol. The number of ketones is 2. The van der Waals surface area contributed by atoms with E-state index in [-0.39, 0.29) is 28.5 Å². The maximum Gasteiger partial charge on any atom is 0.338 e. The fraction of sp³-hybridized carbons (Fsp3) is 0.593. The van der Waals surface area contributed by atoms with Crippen LogP contribution >= 0.6 is 0 Å². The van der Waals surface area contributed by atoms with Crippen LogP contribution in [0.25, 0.3) is 0 Å². The summed E-state index contributed by atoms with van der Waals surface area (Å²) in [5.74, 6) is -0.583. The lowest BCUT2D eigenvalue weighted by atomic mass is 9.74. The summed E-state index contributed by atoms with van der Waals surface area (Å²) in [6.45, 7) is 6.54. The van der Waals surface area contributed by atoms with Crippen molar-refractivity contribution < 1.29 is 19.1 Å². The first kappa shape index (κ1) is 25.8. The highest BCUT2D eigenvalue weighted by Gasteiger charge is 2.35. The zero-order valence-corrected chi connectivity index (χ0v) is 20.0. The molecule has 0 radical (unpaired) electrons. The molecule has 1 N–H and O–H groups in total. The predicted molar refractivity (Wildman–Crippen MR) is 129 cm³/mol. The molecular formula is C27H39NO4. The van der Waals surface area contributed by atoms with Crippen LogP contribution in [-0.2, 0) is 14.3 Å². The number of rotatable bonds is 13. The van der Waals surface area contributed by atoms with E-state index in [0.717, 1.165) is 12.8 Å². The first-order valence-electron chi connectivity index (χ1n) is 12.1. The first-order valence-corrected chi connectivity index (χ1v) is 12.1. The van der Waals surface area contributed by atoms with Gasteiger partial charge in [-0.3, -0.25) is 9.59 Å². The number of unbranched alkanes of at least 4 members (excludes halogenated alkanes) is 8. The lowest BCUT2D eigenvalue weighted by Gasteiger charge is -2.28. The minimum absolute atomic E-state index is 0.129. The third kappa shape index (κ3) is 8.97. The van der Waals surface area contributed by atoms with Crippen LogP contribution in [0.15, 0.2) is 36.0 Å². The van der Waals surface area contributed by atoms with E-state index in [1.165, 1.54) is 51.1 Å². The van der Waals surface area contributed by atoms with Crippen LogP contribution in [0.3, 0.4) is 0 Å². The molecule has 1 aromatic rings. The lowest BCUT2D eigenvalue weighted by Crippen LogP contribution is -2.31. The number of hydrogen-bond acceptors (Lipinski definition) is 5. The van der Waals surface area contributed by atoms with E-state index in [0.29, 0.717) is 30.7 Å². The predicted octanol–water partition coefficient (Wildman–Crippen LogP) is 6.63. The van der Waals surface area contributed by atoms with Crippen molar-refractivity contribution in [2.75, 3.05) is 11.9 Å². The van der Waals surface area contributed by atoms with Gasteiger partial charge >= 0.3 is 5.97 Å². The molecule has 0 atom stereocenters. The van der Waals surface area contributed by atoms with Crippen molar-refractivity contribution in [2.24, 2.45) is 5.41 Å². The molecule has 0 saturated heterocycles. The van der Waals surface area contributed by atoms with Gasteiger partial charge in [0.1, 0.15) is 0 Å². The number of anilines is 1. The monoisotopic (exact) mass is 441 g/mol. The van der Waals surface area contributed by atoms with Crippen LogP contribution in [0.1, 0.15) is 102 Å². The Balaban J connectivity index is 1.68. The quantitative estimate of drug-likeness (QED) is 0.161. The third-order valence-electron chi connectivity index (χ3n) is 5.86. The van der Waals surface area contributed by atoms with E-state index in [1.807, 2.05) is 13.8 Å². The number of esters is 1. The molecule has 0 heterocycles. The van der Waals surface area contributed by atoms with E-state index in [2.05, 4.69) is 12.2 Å². The van der Waals surface area contributed by atoms with Crippen molar-refractivity contribution in [3.63, 3.8) is 0 Å². The minimum atomic E-state index is -0.325. The van der Waals surface area contributed by atoms with E-state index in [4.69, 9.17) is 4.74 Å². The Labute approximate surface area is 193 Å². The Morgan fingerprint density at radius 3 is 2.00 bits per heavy atom. The second-order valence-corrected chi connectivity index (χ2v) is 9.61. The fourth-order valence-corrected chi connectivity index (χ4v) is 3.96. The summed E-state index contributed by atoms with van der Waals surface area (Å²) < 4.78 is 5.37. The molecule has 0 bridgehead atoms. The number of hydrogen-bond donors (Lipinski definition) is 1. The zero-order valence-electron chi connectivity index (χ0n) is 20.0. The van der Waals surface area contributed by atoms with Crippen molar-refractivity contribution in [1.29, 1.82) is 0 Å². The van der Waals surface area contributed by atoms with Crippen LogP contribution in [0.2, 0.25) is 0 Å². The molecule has 5 heteroatoms. The largest absolute Gasteiger partial charge is 0.462 e. The highest BCUT2D eigenvalue weighted by molar-refractivity contribution is 6.22. The molecule has 5 nitrogen and oxygen atoms in total. The van der Waals surface area contributed by atoms with E-state index in [1.54, 1.807) is 24.3 Å². The van der Waals surface area contributed by atoms with Crippen LogP contribution < -0.4 is 5.32 Å². The Hall–Kier alpha value is -2.43. The van der Waals surface area contributed by atoms with Crippen molar-refractivity contribution in [3.05, 3.63) is 41.6 Å². The molecule has 32 heavy (non-hydrogen) atoms. The van der Waals surface area contributed by atoms with Gasteiger partial charge in [0, 0.05) is 24.7 Å². The number of carbonyl (C=O) groups excluding carboxylic acids is 3. The Morgan fingerprint density at radius 1 is 0.906 bits per heavy atom. The second-order valence-electron chi connectivity index (χ2n) is 9.61. The average Bonchev–Trinajstić information content (AvgIpc) is 2.74. The van der Waals surface area contributed by atoms with Gasteiger partial charge in [-0.25, -0.2) is 4.79 Å². The molecule has 0 aliphatic heterocycles. The van der Waals surface area contributed by atoms with Gasteiger partial charge in [0.2, 0.25) is 0 Å². The van der Waals surface area contributed by atoms with Gasteiger partial charge in [0.25, 0.3) is 0 Å². The summed E-state index contributed by atoms with van der Waals surface area (Å²) in [4.78, 5) is 36.7. The molecule has 1 aromatic carbocycles. The van der Waals surface area contributed by atoms with Gasteiger partial charge in [-0.1, -0.05) is 72.1 Å². The standard InChI is InChI=1S/C27H39NO4/c1-4-5-6-7-8-9-10-11-12-17-32-26(31)21-13-15-22(16-14-21)28-20-23-24(29)18-27(2,3)19-25(23)30/h13-16,20,28H,4-12,17-19H2,1-3H3. The maximum absolute atomic E-state index is 12.2. The molecule has 176 valence electrons. The van der Waals surface area contributed by atoms with Gasteiger partial charge < -0.3 is 10.1 Å². The molecule has 1 aliphatic carbocycles. The number of benzene rings is 1. The Bertz CT molecular complexity index is 770. The molecule has 0 spiro atoms. The number of Topliss-reactive ketones (excluding diaryl/α,β-unsaturated/α-hetero) is 2. The zero-order chi connectivity index (χ0) is 23.4. The summed E-state index contributed by atoms with van der Waals surface area (Å²) in [6, 6.07) is 6.86. The molecule has 0 aromatic heterocycles. The smallest absolute Gasteiger partial charge is 0.338 e. The van der Waals surface area contributed by atoms with E-state index >= 15 is 0 Å². The minimum Gasteiger partial charge on any atom is -0.462 e. The highest BCUT2D eigenvalue weighted by Crippen LogP contribution is 2.33. The lowest BCUT2D eigenvalue weighted by molar-refractivity contribution is -0.127. The molecule has 1 fully saturated rings. The fourth-order valence-electron chi connectivity index (χ4n) is 3.96. The van der Waals surface area contributed by atoms with Crippen molar-refractivity contribution in [2.45, 2.75) is 91.4 Å². The number of nitrogens with one attached hydrogen (secondary N) is 1. The molecule has 0 unspecified atom stereocenters. The van der Waals surface area contributed by atoms with E-state index in [9.17, 15) is 14.4 Å². The van der Waals surface area contributed by atoms with Crippen LogP contribution in [0.5, 0.6) is 0 Å². The number of carbonyl (C=O) groups is 3. The summed E-state index contributed by atoms with van der Waals surface area (Å²) in [5.41, 5.74) is 1.14. The molecular weight excluding hydrogens is 402 g/mol. The Kier molecular flexibility index (Phi) is 10.6. The van der Waals surface area contributed by atoms with Gasteiger partial charge in [0.15, 0.2) is 11.6 Å². The molecule has 2 rings (SSSR count). The topological polar surface area (TPSA) is 72.5 Å². The number of ether oxygens (including phenoxy) is 1. The summed E-state index contributed by atoms with van der Waals surface area (Å²) in [7, 11) is 0. The van der Waals surface area contributed by atoms with Crippen molar-refractivity contribution in [3.8, 4) is 0 Å². The molecule has 1 saturated carbocycles. The van der Waals surface area contributed by atoms with Gasteiger partial charge in [-0.2, -0.15) is 0 Å². The molecule has 0 amide bonds. The van der Waals surface area contributed by atoms with Crippen LogP contribution in [0.4, 0.5) is 5.69 Å². The molecule has 1 aliphatic rings. The normalized spacial score (nSPS) is 15.5. The van der Waals surface area contributed by atoms with Gasteiger partial charge in [0.05, 0.1) is 17.7 Å². The summed E-state index contributed by atoms with van der Waals surface area (Å²) >= 11 is 0. The SMILES string of the molecule is CCCCCCCCCCCOC(=O)c1ccc(NC=C2C(=O)CC(C)(C)CC2=O)cc1. The maximum atomic E-state index is 12.2. The van der Waals surface area contributed by atoms with Crippen LogP contribution in [0, 0.1) is 5.41 Å². The van der Waals surface area contributed by atoms with Crippen molar-refractivity contribution >= 4 is 23.2 Å². The summed E-state index contributed by atoms with van der Waals surface area (Å²) in [5, 5.41) is 3.00. The van der Waals surface area contributed by atoms with Crippen molar-refractivity contribution in [1.82, 2.24) is 0 Å². The Morgan fingerprint density at radius 2 is 1.44 bits per heavy atom. The number of allylic oxidation sites excluding steroid dienone is 1. The van der Waals surface area contributed by atoms with Crippen LogP contribution in [-0.4, -0.2) is 24.1 Å². The summed E-state index contributed by atoms with van der Waals surface area (Å²) in [6.07, 6.45) is 13.3. The second kappa shape index (κ2) is 13.2. The van der Waals surface area contributed by atoms with Gasteiger partial charge in [-0.15, -0.1) is 0 Å². The van der Waals surface area contributed by atoms with Gasteiger partial charge in [-0.05, 0) is 36.1 Å².